The third-order valence-electron chi connectivity index (χ3n) is 10.1. The average Bonchev–Trinajstić information content (AvgIpc) is 3.11. The normalized spacial score (nSPS) is 10.9. The van der Waals surface area contributed by atoms with Crippen molar-refractivity contribution in [2.75, 3.05) is 20.1 Å². The minimum Gasteiger partial charge on any atom is -0.306 e. The molecule has 0 aromatic heterocycles. The Kier molecular flexibility index (Phi) is 62.6. The number of hydrogen-bond acceptors (Lipinski definition) is 1. The molecular formula is C49H105N. The molecule has 0 amide bonds. The third kappa shape index (κ3) is 59.8. The van der Waals surface area contributed by atoms with E-state index in [2.05, 4.69) is 80.5 Å². The lowest BCUT2D eigenvalue weighted by Crippen LogP contribution is -2.20. The predicted molar refractivity (Wildman–Crippen MR) is 238 cm³/mol. The highest BCUT2D eigenvalue weighted by Gasteiger charge is 2.09. The SMILES string of the molecule is C=C.CCC.CCCCCCCCC(CCCCCCCC)CCCCCCCN(C)CCCCCCC(C)C.CCCCCCCCCC. The van der Waals surface area contributed by atoms with Crippen LogP contribution in [0.2, 0.25) is 0 Å². The van der Waals surface area contributed by atoms with Gasteiger partial charge in [0, 0.05) is 0 Å². The molecule has 50 heavy (non-hydrogen) atoms. The molecule has 0 aromatic rings. The van der Waals surface area contributed by atoms with Crippen molar-refractivity contribution >= 4 is 0 Å². The number of unbranched alkanes of at least 4 members (excludes halogenated alkanes) is 24. The summed E-state index contributed by atoms with van der Waals surface area (Å²) in [6.45, 7) is 26.7. The maximum atomic E-state index is 3.00. The van der Waals surface area contributed by atoms with E-state index in [1.165, 1.54) is 231 Å². The van der Waals surface area contributed by atoms with Crippen molar-refractivity contribution in [1.82, 2.24) is 4.90 Å². The van der Waals surface area contributed by atoms with E-state index in [1.807, 2.05) is 0 Å². The maximum absolute atomic E-state index is 3.00. The topological polar surface area (TPSA) is 3.24 Å². The second kappa shape index (κ2) is 55.5. The summed E-state index contributed by atoms with van der Waals surface area (Å²) >= 11 is 0. The van der Waals surface area contributed by atoms with Crippen LogP contribution in [0.1, 0.15) is 274 Å². The van der Waals surface area contributed by atoms with Gasteiger partial charge in [0.2, 0.25) is 0 Å². The van der Waals surface area contributed by atoms with Gasteiger partial charge in [-0.2, -0.15) is 0 Å². The molecule has 0 fully saturated rings. The fraction of sp³-hybridized carbons (Fsp3) is 0.959. The molecule has 0 aromatic carbocycles. The minimum absolute atomic E-state index is 0.879. The molecule has 0 bridgehead atoms. The van der Waals surface area contributed by atoms with Crippen molar-refractivity contribution < 1.29 is 0 Å². The van der Waals surface area contributed by atoms with Crippen molar-refractivity contribution in [2.45, 2.75) is 274 Å². The standard InChI is InChI=1S/C34H71N.C10H22.C3H8.C2H4/c1-6-8-10-12-15-22-28-34(29-23-16-13-11-9-7-2)30-24-17-14-19-25-31-35(5)32-26-20-18-21-27-33(3)4;1-3-5-7-9-10-8-6-4-2;1-3-2;1-2/h33-34H,6-32H2,1-5H3;3-10H2,1-2H3;3H2,1-2H3;1-2H2. The molecule has 0 rings (SSSR count). The molecule has 0 saturated carbocycles. The molecule has 0 N–H and O–H groups in total. The Morgan fingerprint density at radius 1 is 0.340 bits per heavy atom. The number of hydrogen-bond donors (Lipinski definition) is 0. The Morgan fingerprint density at radius 3 is 0.820 bits per heavy atom. The Labute approximate surface area is 322 Å². The van der Waals surface area contributed by atoms with E-state index in [9.17, 15) is 0 Å². The first-order valence-corrected chi connectivity index (χ1v) is 23.6. The molecule has 0 atom stereocenters. The molecule has 0 aliphatic rings. The number of nitrogens with zero attached hydrogens (tertiary/aromatic N) is 1. The lowest BCUT2D eigenvalue weighted by molar-refractivity contribution is 0.312. The van der Waals surface area contributed by atoms with Gasteiger partial charge in [-0.3, -0.25) is 0 Å². The van der Waals surface area contributed by atoms with Crippen LogP contribution in [0.4, 0.5) is 0 Å². The fourth-order valence-corrected chi connectivity index (χ4v) is 6.81. The predicted octanol–water partition coefficient (Wildman–Crippen LogP) is 18.3. The summed E-state index contributed by atoms with van der Waals surface area (Å²) in [6.07, 6.45) is 49.1. The first kappa shape index (κ1) is 56.4. The Bertz CT molecular complexity index is 489. The van der Waals surface area contributed by atoms with Crippen LogP contribution in [-0.4, -0.2) is 25.0 Å². The summed E-state index contributed by atoms with van der Waals surface area (Å²) in [6, 6.07) is 0. The first-order valence-electron chi connectivity index (χ1n) is 23.6. The molecule has 1 nitrogen and oxygen atoms in total. The highest BCUT2D eigenvalue weighted by Crippen LogP contribution is 2.25. The smallest absolute Gasteiger partial charge is 0.00218 e. The quantitative estimate of drug-likeness (QED) is 0.0463. The van der Waals surface area contributed by atoms with E-state index in [1.54, 1.807) is 0 Å². The van der Waals surface area contributed by atoms with Gasteiger partial charge in [0.05, 0.1) is 0 Å². The zero-order valence-corrected chi connectivity index (χ0v) is 37.5. The Hall–Kier alpha value is -0.300. The van der Waals surface area contributed by atoms with E-state index in [-0.39, 0.29) is 0 Å². The van der Waals surface area contributed by atoms with Gasteiger partial charge in [-0.05, 0) is 44.8 Å². The second-order valence-electron chi connectivity index (χ2n) is 16.3. The Balaban J connectivity index is -0.000000588. The van der Waals surface area contributed by atoms with Crippen LogP contribution in [-0.2, 0) is 0 Å². The van der Waals surface area contributed by atoms with Gasteiger partial charge in [0.15, 0.2) is 0 Å². The van der Waals surface area contributed by atoms with Gasteiger partial charge in [0.1, 0.15) is 0 Å². The summed E-state index contributed by atoms with van der Waals surface area (Å²) in [5.74, 6) is 1.91. The van der Waals surface area contributed by atoms with Crippen molar-refractivity contribution in [3.05, 3.63) is 13.2 Å². The molecular weight excluding hydrogens is 603 g/mol. The zero-order valence-electron chi connectivity index (χ0n) is 37.5. The molecule has 0 heterocycles. The zero-order chi connectivity index (χ0) is 38.2. The summed E-state index contributed by atoms with van der Waals surface area (Å²) < 4.78 is 0. The van der Waals surface area contributed by atoms with Crippen LogP contribution in [0, 0.1) is 11.8 Å². The molecule has 1 heteroatoms. The van der Waals surface area contributed by atoms with E-state index < -0.39 is 0 Å². The van der Waals surface area contributed by atoms with Crippen LogP contribution >= 0.6 is 0 Å². The fourth-order valence-electron chi connectivity index (χ4n) is 6.81. The van der Waals surface area contributed by atoms with Crippen LogP contribution in [0.25, 0.3) is 0 Å². The summed E-state index contributed by atoms with van der Waals surface area (Å²) in [5, 5.41) is 0. The minimum atomic E-state index is 0.879. The summed E-state index contributed by atoms with van der Waals surface area (Å²) in [4.78, 5) is 2.58. The lowest BCUT2D eigenvalue weighted by Gasteiger charge is -2.18. The Morgan fingerprint density at radius 2 is 0.560 bits per heavy atom. The van der Waals surface area contributed by atoms with Crippen molar-refractivity contribution in [3.63, 3.8) is 0 Å². The van der Waals surface area contributed by atoms with Crippen molar-refractivity contribution in [3.8, 4) is 0 Å². The van der Waals surface area contributed by atoms with Gasteiger partial charge in [-0.1, -0.05) is 261 Å². The molecule has 0 radical (unpaired) electrons. The molecule has 306 valence electrons. The van der Waals surface area contributed by atoms with E-state index in [4.69, 9.17) is 0 Å². The third-order valence-corrected chi connectivity index (χ3v) is 10.1. The monoisotopic (exact) mass is 708 g/mol. The summed E-state index contributed by atoms with van der Waals surface area (Å²) in [5.41, 5.74) is 0. The van der Waals surface area contributed by atoms with Crippen LogP contribution in [0.5, 0.6) is 0 Å². The van der Waals surface area contributed by atoms with Crippen LogP contribution in [0.15, 0.2) is 13.2 Å². The maximum Gasteiger partial charge on any atom is -0.00218 e. The number of rotatable bonds is 36. The van der Waals surface area contributed by atoms with Crippen LogP contribution < -0.4 is 0 Å². The van der Waals surface area contributed by atoms with Gasteiger partial charge in [0.25, 0.3) is 0 Å². The average molecular weight is 708 g/mol. The van der Waals surface area contributed by atoms with E-state index in [0.717, 1.165) is 11.8 Å². The summed E-state index contributed by atoms with van der Waals surface area (Å²) in [7, 11) is 2.34. The molecule has 0 spiro atoms. The molecule has 0 aliphatic heterocycles. The van der Waals surface area contributed by atoms with Gasteiger partial charge in [-0.25, -0.2) is 0 Å². The highest BCUT2D eigenvalue weighted by atomic mass is 15.1. The van der Waals surface area contributed by atoms with Crippen molar-refractivity contribution in [2.24, 2.45) is 11.8 Å². The molecule has 0 aliphatic carbocycles. The van der Waals surface area contributed by atoms with Crippen molar-refractivity contribution in [1.29, 1.82) is 0 Å². The largest absolute Gasteiger partial charge is 0.306 e. The van der Waals surface area contributed by atoms with E-state index >= 15 is 0 Å². The first-order chi connectivity index (χ1) is 24.4. The second-order valence-corrected chi connectivity index (χ2v) is 16.3. The van der Waals surface area contributed by atoms with Gasteiger partial charge < -0.3 is 4.90 Å². The molecule has 0 unspecified atom stereocenters. The highest BCUT2D eigenvalue weighted by molar-refractivity contribution is 4.63. The lowest BCUT2D eigenvalue weighted by atomic mass is 9.89. The van der Waals surface area contributed by atoms with Gasteiger partial charge in [-0.15, -0.1) is 13.2 Å². The van der Waals surface area contributed by atoms with E-state index in [0.29, 0.717) is 0 Å². The molecule has 0 saturated heterocycles. The van der Waals surface area contributed by atoms with Crippen LogP contribution in [0.3, 0.4) is 0 Å². The van der Waals surface area contributed by atoms with Gasteiger partial charge >= 0.3 is 0 Å².